The van der Waals surface area contributed by atoms with E-state index in [-0.39, 0.29) is 12.5 Å². The van der Waals surface area contributed by atoms with Gasteiger partial charge in [0.1, 0.15) is 0 Å². The van der Waals surface area contributed by atoms with Crippen molar-refractivity contribution in [2.45, 2.75) is 142 Å². The fourth-order valence-electron chi connectivity index (χ4n) is 3.70. The molecule has 30 heavy (non-hydrogen) atoms. The molecule has 4 nitrogen and oxygen atoms in total. The van der Waals surface area contributed by atoms with E-state index in [9.17, 15) is 15.0 Å². The molecule has 0 spiro atoms. The van der Waals surface area contributed by atoms with Crippen molar-refractivity contribution >= 4 is 5.91 Å². The summed E-state index contributed by atoms with van der Waals surface area (Å²) in [6.07, 6.45) is 24.4. The van der Waals surface area contributed by atoms with Gasteiger partial charge in [-0.15, -0.1) is 0 Å². The van der Waals surface area contributed by atoms with Crippen LogP contribution in [0.4, 0.5) is 0 Å². The van der Waals surface area contributed by atoms with Crippen molar-refractivity contribution in [2.75, 3.05) is 6.61 Å². The lowest BCUT2D eigenvalue weighted by atomic mass is 10.0. The van der Waals surface area contributed by atoms with Crippen LogP contribution in [-0.2, 0) is 4.79 Å². The Balaban J connectivity index is 3.69. The number of hydrogen-bond donors (Lipinski definition) is 3. The highest BCUT2D eigenvalue weighted by molar-refractivity contribution is 5.76. The highest BCUT2D eigenvalue weighted by Gasteiger charge is 2.17. The van der Waals surface area contributed by atoms with Crippen LogP contribution in [0.5, 0.6) is 0 Å². The maximum atomic E-state index is 12.0. The number of aliphatic hydroxyl groups excluding tert-OH is 2. The molecule has 0 aliphatic heterocycles. The SMILES string of the molecule is CCCCCCCCCCCCC/C=C/[C@@H](O)[C@H](CO)NC(=O)CCCCCCC. The van der Waals surface area contributed by atoms with Gasteiger partial charge in [0.05, 0.1) is 18.8 Å². The van der Waals surface area contributed by atoms with Crippen LogP contribution in [0.2, 0.25) is 0 Å². The zero-order chi connectivity index (χ0) is 22.3. The van der Waals surface area contributed by atoms with Crippen LogP contribution in [0, 0.1) is 0 Å². The number of amides is 1. The van der Waals surface area contributed by atoms with Crippen molar-refractivity contribution in [1.29, 1.82) is 0 Å². The molecule has 0 fully saturated rings. The summed E-state index contributed by atoms with van der Waals surface area (Å²) < 4.78 is 0. The van der Waals surface area contributed by atoms with Crippen LogP contribution in [0.15, 0.2) is 12.2 Å². The Kier molecular flexibility index (Phi) is 22.1. The van der Waals surface area contributed by atoms with Crippen molar-refractivity contribution in [3.05, 3.63) is 12.2 Å². The van der Waals surface area contributed by atoms with Gasteiger partial charge in [-0.2, -0.15) is 0 Å². The number of hydrogen-bond acceptors (Lipinski definition) is 3. The molecule has 0 aliphatic carbocycles. The molecule has 0 bridgehead atoms. The van der Waals surface area contributed by atoms with Crippen molar-refractivity contribution in [1.82, 2.24) is 5.32 Å². The van der Waals surface area contributed by atoms with E-state index in [0.29, 0.717) is 6.42 Å². The molecule has 0 aromatic heterocycles. The van der Waals surface area contributed by atoms with Crippen LogP contribution in [-0.4, -0.2) is 34.9 Å². The quantitative estimate of drug-likeness (QED) is 0.138. The summed E-state index contributed by atoms with van der Waals surface area (Å²) in [5.74, 6) is -0.0802. The predicted octanol–water partition coefficient (Wildman–Crippen LogP) is 6.44. The van der Waals surface area contributed by atoms with Crippen molar-refractivity contribution in [2.24, 2.45) is 0 Å². The second kappa shape index (κ2) is 22.8. The standard InChI is InChI=1S/C26H51NO3/c1-3-5-7-9-10-11-12-13-14-15-16-18-19-21-25(29)24(23-28)27-26(30)22-20-17-8-6-4-2/h19,21,24-25,28-29H,3-18,20,22-23H2,1-2H3,(H,27,30)/b21-19+/t24-,25+/m0/s1. The second-order valence-corrected chi connectivity index (χ2v) is 8.76. The molecule has 0 aromatic rings. The van der Waals surface area contributed by atoms with Gasteiger partial charge < -0.3 is 15.5 Å². The minimum atomic E-state index is -0.827. The number of nitrogens with one attached hydrogen (secondary N) is 1. The molecule has 0 unspecified atom stereocenters. The molecule has 0 saturated carbocycles. The number of rotatable bonds is 22. The van der Waals surface area contributed by atoms with Gasteiger partial charge in [-0.1, -0.05) is 116 Å². The Hall–Kier alpha value is -0.870. The Labute approximate surface area is 186 Å². The third-order valence-electron chi connectivity index (χ3n) is 5.77. The first-order valence-corrected chi connectivity index (χ1v) is 12.9. The minimum Gasteiger partial charge on any atom is -0.394 e. The molecule has 0 rings (SSSR count). The van der Waals surface area contributed by atoms with E-state index < -0.39 is 12.1 Å². The van der Waals surface area contributed by atoms with Gasteiger partial charge in [0, 0.05) is 6.42 Å². The van der Waals surface area contributed by atoms with Gasteiger partial charge in [0.15, 0.2) is 0 Å². The van der Waals surface area contributed by atoms with E-state index in [1.807, 2.05) is 6.08 Å². The Morgan fingerprint density at radius 1 is 0.767 bits per heavy atom. The predicted molar refractivity (Wildman–Crippen MR) is 129 cm³/mol. The van der Waals surface area contributed by atoms with E-state index in [0.717, 1.165) is 32.1 Å². The molecular weight excluding hydrogens is 374 g/mol. The molecule has 4 heteroatoms. The molecule has 0 radical (unpaired) electrons. The van der Waals surface area contributed by atoms with E-state index >= 15 is 0 Å². The summed E-state index contributed by atoms with van der Waals surface area (Å²) in [6.45, 7) is 4.19. The first-order chi connectivity index (χ1) is 14.7. The van der Waals surface area contributed by atoms with Crippen LogP contribution in [0.1, 0.15) is 129 Å². The Morgan fingerprint density at radius 3 is 1.73 bits per heavy atom. The third-order valence-corrected chi connectivity index (χ3v) is 5.77. The zero-order valence-corrected chi connectivity index (χ0v) is 20.0. The normalized spacial score (nSPS) is 13.6. The summed E-state index contributed by atoms with van der Waals surface area (Å²) in [7, 11) is 0. The van der Waals surface area contributed by atoms with E-state index in [1.54, 1.807) is 6.08 Å². The van der Waals surface area contributed by atoms with Crippen LogP contribution in [0.3, 0.4) is 0 Å². The first-order valence-electron chi connectivity index (χ1n) is 12.9. The van der Waals surface area contributed by atoms with Gasteiger partial charge in [-0.05, 0) is 19.3 Å². The first kappa shape index (κ1) is 29.1. The molecule has 0 heterocycles. The Morgan fingerprint density at radius 2 is 1.23 bits per heavy atom. The topological polar surface area (TPSA) is 69.6 Å². The van der Waals surface area contributed by atoms with Gasteiger partial charge >= 0.3 is 0 Å². The van der Waals surface area contributed by atoms with Gasteiger partial charge in [0.25, 0.3) is 0 Å². The molecule has 2 atom stereocenters. The van der Waals surface area contributed by atoms with E-state index in [4.69, 9.17) is 0 Å². The zero-order valence-electron chi connectivity index (χ0n) is 20.0. The highest BCUT2D eigenvalue weighted by atomic mass is 16.3. The van der Waals surface area contributed by atoms with E-state index in [2.05, 4.69) is 19.2 Å². The van der Waals surface area contributed by atoms with Crippen LogP contribution in [0.25, 0.3) is 0 Å². The molecule has 0 saturated heterocycles. The lowest BCUT2D eigenvalue weighted by Crippen LogP contribution is -2.45. The fourth-order valence-corrected chi connectivity index (χ4v) is 3.70. The number of aliphatic hydroxyl groups is 2. The minimum absolute atomic E-state index is 0.0802. The molecule has 178 valence electrons. The molecular formula is C26H51NO3. The number of unbranched alkanes of at least 4 members (excludes halogenated alkanes) is 15. The average Bonchev–Trinajstić information content (AvgIpc) is 2.75. The van der Waals surface area contributed by atoms with Crippen LogP contribution < -0.4 is 5.32 Å². The van der Waals surface area contributed by atoms with Crippen LogP contribution >= 0.6 is 0 Å². The van der Waals surface area contributed by atoms with E-state index in [1.165, 1.54) is 77.0 Å². The van der Waals surface area contributed by atoms with Gasteiger partial charge in [0.2, 0.25) is 5.91 Å². The molecule has 0 aliphatic rings. The third kappa shape index (κ3) is 19.1. The van der Waals surface area contributed by atoms with Crippen molar-refractivity contribution in [3.63, 3.8) is 0 Å². The maximum Gasteiger partial charge on any atom is 0.220 e. The number of carbonyl (C=O) groups excluding carboxylic acids is 1. The summed E-state index contributed by atoms with van der Waals surface area (Å²) in [5.41, 5.74) is 0. The summed E-state index contributed by atoms with van der Waals surface area (Å²) in [5, 5.41) is 22.5. The Bertz CT molecular complexity index is 398. The molecule has 0 aromatic carbocycles. The summed E-state index contributed by atoms with van der Waals surface area (Å²) in [6, 6.07) is -0.610. The lowest BCUT2D eigenvalue weighted by Gasteiger charge is -2.20. The molecule has 3 N–H and O–H groups in total. The van der Waals surface area contributed by atoms with Crippen molar-refractivity contribution < 1.29 is 15.0 Å². The summed E-state index contributed by atoms with van der Waals surface area (Å²) in [4.78, 5) is 12.0. The smallest absolute Gasteiger partial charge is 0.220 e. The summed E-state index contributed by atoms with van der Waals surface area (Å²) >= 11 is 0. The second-order valence-electron chi connectivity index (χ2n) is 8.76. The van der Waals surface area contributed by atoms with Gasteiger partial charge in [-0.3, -0.25) is 4.79 Å². The average molecular weight is 426 g/mol. The number of carbonyl (C=O) groups is 1. The largest absolute Gasteiger partial charge is 0.394 e. The molecule has 1 amide bonds. The monoisotopic (exact) mass is 425 g/mol. The number of allylic oxidation sites excluding steroid dienone is 1. The maximum absolute atomic E-state index is 12.0. The highest BCUT2D eigenvalue weighted by Crippen LogP contribution is 2.12. The fraction of sp³-hybridized carbons (Fsp3) is 0.885. The van der Waals surface area contributed by atoms with Gasteiger partial charge in [-0.25, -0.2) is 0 Å². The van der Waals surface area contributed by atoms with Crippen molar-refractivity contribution in [3.8, 4) is 0 Å². The lowest BCUT2D eigenvalue weighted by molar-refractivity contribution is -0.123.